The van der Waals surface area contributed by atoms with E-state index in [2.05, 4.69) is 4.74 Å². The third kappa shape index (κ3) is 2.71. The molecule has 0 spiro atoms. The Morgan fingerprint density at radius 3 is 2.84 bits per heavy atom. The summed E-state index contributed by atoms with van der Waals surface area (Å²) in [6, 6.07) is 4.02. The normalized spacial score (nSPS) is 18.8. The molecule has 102 valence electrons. The molecular weight excluding hydrogens is 273 g/mol. The standard InChI is InChI=1S/C13H13ClFNO3/c1-19-13(18)10-3-2-9(5-11(10)15)16-7-8(6-14)4-12(16)17/h2-3,5,8H,4,6-7H2,1H3. The lowest BCUT2D eigenvalue weighted by Crippen LogP contribution is -2.25. The highest BCUT2D eigenvalue weighted by atomic mass is 35.5. The minimum absolute atomic E-state index is 0.0810. The van der Waals surface area contributed by atoms with Gasteiger partial charge in [0.15, 0.2) is 0 Å². The van der Waals surface area contributed by atoms with Crippen LogP contribution in [0, 0.1) is 11.7 Å². The molecule has 6 heteroatoms. The monoisotopic (exact) mass is 285 g/mol. The van der Waals surface area contributed by atoms with Crippen LogP contribution in [0.25, 0.3) is 0 Å². The molecule has 2 rings (SSSR count). The third-order valence-electron chi connectivity index (χ3n) is 3.09. The number of carbonyl (C=O) groups excluding carboxylic acids is 2. The Hall–Kier alpha value is -1.62. The summed E-state index contributed by atoms with van der Waals surface area (Å²) < 4.78 is 18.2. The van der Waals surface area contributed by atoms with E-state index in [4.69, 9.17) is 11.6 Å². The molecule has 1 aliphatic heterocycles. The lowest BCUT2D eigenvalue weighted by Gasteiger charge is -2.17. The number of alkyl halides is 1. The molecule has 1 heterocycles. The highest BCUT2D eigenvalue weighted by molar-refractivity contribution is 6.18. The van der Waals surface area contributed by atoms with E-state index in [0.29, 0.717) is 24.5 Å². The molecular formula is C13H13ClFNO3. The van der Waals surface area contributed by atoms with E-state index in [9.17, 15) is 14.0 Å². The van der Waals surface area contributed by atoms with E-state index < -0.39 is 11.8 Å². The number of nitrogens with zero attached hydrogens (tertiary/aromatic N) is 1. The molecule has 0 aliphatic carbocycles. The Labute approximate surface area is 115 Å². The predicted molar refractivity (Wildman–Crippen MR) is 68.9 cm³/mol. The third-order valence-corrected chi connectivity index (χ3v) is 3.53. The van der Waals surface area contributed by atoms with Crippen molar-refractivity contribution in [3.63, 3.8) is 0 Å². The summed E-state index contributed by atoms with van der Waals surface area (Å²) in [7, 11) is 1.19. The number of benzene rings is 1. The number of methoxy groups -OCH3 is 1. The first-order valence-electron chi connectivity index (χ1n) is 5.81. The Balaban J connectivity index is 2.25. The minimum Gasteiger partial charge on any atom is -0.465 e. The molecule has 0 radical (unpaired) electrons. The van der Waals surface area contributed by atoms with Gasteiger partial charge in [-0.15, -0.1) is 11.6 Å². The first-order chi connectivity index (χ1) is 9.06. The molecule has 0 saturated carbocycles. The fourth-order valence-electron chi connectivity index (χ4n) is 2.08. The number of ether oxygens (including phenoxy) is 1. The fourth-order valence-corrected chi connectivity index (χ4v) is 2.29. The molecule has 0 bridgehead atoms. The van der Waals surface area contributed by atoms with Crippen molar-refractivity contribution in [3.05, 3.63) is 29.6 Å². The summed E-state index contributed by atoms with van der Waals surface area (Å²) in [5, 5.41) is 0. The van der Waals surface area contributed by atoms with Gasteiger partial charge in [0, 0.05) is 24.5 Å². The molecule has 1 amide bonds. The second kappa shape index (κ2) is 5.57. The number of hydrogen-bond donors (Lipinski definition) is 0. The van der Waals surface area contributed by atoms with Gasteiger partial charge < -0.3 is 9.64 Å². The van der Waals surface area contributed by atoms with E-state index in [1.54, 1.807) is 0 Å². The van der Waals surface area contributed by atoms with Crippen LogP contribution >= 0.6 is 11.6 Å². The van der Waals surface area contributed by atoms with E-state index in [1.807, 2.05) is 0 Å². The molecule has 0 aromatic heterocycles. The SMILES string of the molecule is COC(=O)c1ccc(N2CC(CCl)CC2=O)cc1F. The highest BCUT2D eigenvalue weighted by Gasteiger charge is 2.30. The van der Waals surface area contributed by atoms with Crippen molar-refractivity contribution in [1.29, 1.82) is 0 Å². The van der Waals surface area contributed by atoms with Crippen molar-refractivity contribution in [2.24, 2.45) is 5.92 Å². The summed E-state index contributed by atoms with van der Waals surface area (Å²) in [6.07, 6.45) is 0.365. The number of halogens is 2. The van der Waals surface area contributed by atoms with Crippen LogP contribution in [0.15, 0.2) is 18.2 Å². The average Bonchev–Trinajstić information content (AvgIpc) is 2.79. The molecule has 1 unspecified atom stereocenters. The second-order valence-corrected chi connectivity index (χ2v) is 4.69. The van der Waals surface area contributed by atoms with Crippen LogP contribution in [0.1, 0.15) is 16.8 Å². The van der Waals surface area contributed by atoms with Gasteiger partial charge in [-0.3, -0.25) is 4.79 Å². The molecule has 4 nitrogen and oxygen atoms in total. The smallest absolute Gasteiger partial charge is 0.340 e. The summed E-state index contributed by atoms with van der Waals surface area (Å²) in [5.41, 5.74) is 0.287. The van der Waals surface area contributed by atoms with Crippen molar-refractivity contribution >= 4 is 29.2 Å². The number of esters is 1. The number of anilines is 1. The fraction of sp³-hybridized carbons (Fsp3) is 0.385. The van der Waals surface area contributed by atoms with Gasteiger partial charge >= 0.3 is 5.97 Å². The second-order valence-electron chi connectivity index (χ2n) is 4.38. The van der Waals surface area contributed by atoms with Crippen molar-refractivity contribution in [3.8, 4) is 0 Å². The minimum atomic E-state index is -0.740. The molecule has 19 heavy (non-hydrogen) atoms. The number of rotatable bonds is 3. The van der Waals surface area contributed by atoms with Gasteiger partial charge in [-0.1, -0.05) is 0 Å². The maximum Gasteiger partial charge on any atom is 0.340 e. The van der Waals surface area contributed by atoms with Gasteiger partial charge in [0.1, 0.15) is 5.82 Å². The van der Waals surface area contributed by atoms with Gasteiger partial charge in [0.2, 0.25) is 5.91 Å². The summed E-state index contributed by atoms with van der Waals surface area (Å²) in [6.45, 7) is 0.472. The van der Waals surface area contributed by atoms with Crippen LogP contribution in [0.5, 0.6) is 0 Å². The molecule has 1 saturated heterocycles. The molecule has 1 fully saturated rings. The highest BCUT2D eigenvalue weighted by Crippen LogP contribution is 2.27. The Morgan fingerprint density at radius 1 is 1.58 bits per heavy atom. The van der Waals surface area contributed by atoms with Gasteiger partial charge in [-0.05, 0) is 24.1 Å². The maximum atomic E-state index is 13.8. The first kappa shape index (κ1) is 13.8. The van der Waals surface area contributed by atoms with Gasteiger partial charge in [-0.2, -0.15) is 0 Å². The van der Waals surface area contributed by atoms with Crippen molar-refractivity contribution < 1.29 is 18.7 Å². The van der Waals surface area contributed by atoms with Crippen LogP contribution < -0.4 is 4.90 Å². The maximum absolute atomic E-state index is 13.8. The van der Waals surface area contributed by atoms with Crippen molar-refractivity contribution in [1.82, 2.24) is 0 Å². The topological polar surface area (TPSA) is 46.6 Å². The van der Waals surface area contributed by atoms with E-state index >= 15 is 0 Å². The van der Waals surface area contributed by atoms with Gasteiger partial charge in [0.05, 0.1) is 12.7 Å². The van der Waals surface area contributed by atoms with Crippen LogP contribution in [0.4, 0.5) is 10.1 Å². The zero-order valence-electron chi connectivity index (χ0n) is 10.4. The number of carbonyl (C=O) groups is 2. The van der Waals surface area contributed by atoms with Crippen LogP contribution in [0.2, 0.25) is 0 Å². The van der Waals surface area contributed by atoms with Crippen LogP contribution in [-0.4, -0.2) is 31.4 Å². The number of hydrogen-bond acceptors (Lipinski definition) is 3. The summed E-state index contributed by atoms with van der Waals surface area (Å²) >= 11 is 5.73. The first-order valence-corrected chi connectivity index (χ1v) is 6.34. The van der Waals surface area contributed by atoms with Crippen LogP contribution in [-0.2, 0) is 9.53 Å². The molecule has 1 aromatic rings. The summed E-state index contributed by atoms with van der Waals surface area (Å²) in [4.78, 5) is 24.5. The van der Waals surface area contributed by atoms with Gasteiger partial charge in [-0.25, -0.2) is 9.18 Å². The van der Waals surface area contributed by atoms with Crippen LogP contribution in [0.3, 0.4) is 0 Å². The zero-order valence-corrected chi connectivity index (χ0v) is 11.1. The Bertz CT molecular complexity index is 521. The molecule has 0 N–H and O–H groups in total. The molecule has 1 aliphatic rings. The van der Waals surface area contributed by atoms with E-state index in [1.165, 1.54) is 30.2 Å². The zero-order chi connectivity index (χ0) is 14.0. The lowest BCUT2D eigenvalue weighted by molar-refractivity contribution is -0.117. The summed E-state index contributed by atoms with van der Waals surface area (Å²) in [5.74, 6) is -1.05. The molecule has 1 atom stereocenters. The Morgan fingerprint density at radius 2 is 2.32 bits per heavy atom. The van der Waals surface area contributed by atoms with E-state index in [-0.39, 0.29) is 17.4 Å². The Kier molecular flexibility index (Phi) is 4.04. The van der Waals surface area contributed by atoms with Crippen molar-refractivity contribution in [2.45, 2.75) is 6.42 Å². The quantitative estimate of drug-likeness (QED) is 0.632. The van der Waals surface area contributed by atoms with Crippen molar-refractivity contribution in [2.75, 3.05) is 24.4 Å². The average molecular weight is 286 g/mol. The lowest BCUT2D eigenvalue weighted by atomic mass is 10.1. The van der Waals surface area contributed by atoms with Gasteiger partial charge in [0.25, 0.3) is 0 Å². The van der Waals surface area contributed by atoms with E-state index in [0.717, 1.165) is 0 Å². The number of amides is 1. The molecule has 1 aromatic carbocycles. The predicted octanol–water partition coefficient (Wildman–Crippen LogP) is 2.20. The largest absolute Gasteiger partial charge is 0.465 e.